The molecular formula is C22H17BrO3. The number of benzene rings is 3. The van der Waals surface area contributed by atoms with Gasteiger partial charge in [-0.1, -0.05) is 67.3 Å². The van der Waals surface area contributed by atoms with Crippen molar-refractivity contribution in [2.45, 2.75) is 6.61 Å². The van der Waals surface area contributed by atoms with Gasteiger partial charge in [0.25, 0.3) is 0 Å². The number of para-hydroxylation sites is 1. The van der Waals surface area contributed by atoms with E-state index in [2.05, 4.69) is 22.5 Å². The van der Waals surface area contributed by atoms with Crippen LogP contribution < -0.4 is 4.74 Å². The van der Waals surface area contributed by atoms with Crippen molar-refractivity contribution in [3.63, 3.8) is 0 Å². The predicted molar refractivity (Wildman–Crippen MR) is 107 cm³/mol. The molecule has 0 radical (unpaired) electrons. The van der Waals surface area contributed by atoms with Crippen molar-refractivity contribution < 1.29 is 14.6 Å². The molecule has 0 fully saturated rings. The minimum atomic E-state index is -0.985. The molecular weight excluding hydrogens is 392 g/mol. The molecule has 130 valence electrons. The number of carboxylic acid groups (broad SMARTS) is 1. The average molecular weight is 409 g/mol. The van der Waals surface area contributed by atoms with Crippen LogP contribution in [-0.2, 0) is 6.61 Å². The Morgan fingerprint density at radius 3 is 2.38 bits per heavy atom. The van der Waals surface area contributed by atoms with Gasteiger partial charge < -0.3 is 9.84 Å². The van der Waals surface area contributed by atoms with Crippen molar-refractivity contribution in [2.24, 2.45) is 0 Å². The normalized spacial score (nSPS) is 10.3. The summed E-state index contributed by atoms with van der Waals surface area (Å²) in [6.07, 6.45) is 1.55. The fourth-order valence-corrected chi connectivity index (χ4v) is 3.46. The van der Waals surface area contributed by atoms with Gasteiger partial charge in [0.15, 0.2) is 0 Å². The maximum Gasteiger partial charge on any atom is 0.336 e. The second kappa shape index (κ2) is 8.02. The highest BCUT2D eigenvalue weighted by atomic mass is 79.9. The van der Waals surface area contributed by atoms with Gasteiger partial charge in [-0.3, -0.25) is 0 Å². The third kappa shape index (κ3) is 3.70. The van der Waals surface area contributed by atoms with E-state index in [1.54, 1.807) is 18.2 Å². The highest BCUT2D eigenvalue weighted by Gasteiger charge is 2.17. The van der Waals surface area contributed by atoms with Crippen molar-refractivity contribution in [3.05, 3.63) is 94.5 Å². The number of carboxylic acids is 1. The minimum absolute atomic E-state index is 0.207. The molecule has 1 N–H and O–H groups in total. The fraction of sp³-hybridized carbons (Fsp3) is 0.0455. The molecule has 0 unspecified atom stereocenters. The van der Waals surface area contributed by atoms with E-state index in [4.69, 9.17) is 4.74 Å². The molecule has 0 saturated carbocycles. The van der Waals surface area contributed by atoms with E-state index in [-0.39, 0.29) is 5.56 Å². The molecule has 0 amide bonds. The lowest BCUT2D eigenvalue weighted by atomic mass is 9.98. The molecule has 3 rings (SSSR count). The van der Waals surface area contributed by atoms with Gasteiger partial charge in [0.1, 0.15) is 12.4 Å². The Morgan fingerprint density at radius 1 is 1.00 bits per heavy atom. The minimum Gasteiger partial charge on any atom is -0.488 e. The first-order chi connectivity index (χ1) is 12.6. The van der Waals surface area contributed by atoms with Gasteiger partial charge >= 0.3 is 5.97 Å². The van der Waals surface area contributed by atoms with E-state index in [0.717, 1.165) is 22.4 Å². The highest BCUT2D eigenvalue weighted by molar-refractivity contribution is 9.10. The van der Waals surface area contributed by atoms with Gasteiger partial charge in [0.05, 0.1) is 5.56 Å². The van der Waals surface area contributed by atoms with E-state index in [9.17, 15) is 9.90 Å². The molecule has 0 atom stereocenters. The molecule has 0 aliphatic heterocycles. The van der Waals surface area contributed by atoms with Crippen molar-refractivity contribution >= 4 is 28.0 Å². The molecule has 3 aromatic rings. The summed E-state index contributed by atoms with van der Waals surface area (Å²) in [5, 5.41) is 9.35. The Labute approximate surface area is 160 Å². The standard InChI is InChI=1S/C22H17BrO3/c1-2-16-19(22(24)25)13-12-18(21(16)23)17-10-6-7-11-20(17)26-14-15-8-4-3-5-9-15/h2-13H,1,14H2,(H,24,25). The predicted octanol–water partition coefficient (Wildman–Crippen LogP) is 6.04. The Bertz CT molecular complexity index is 949. The van der Waals surface area contributed by atoms with Crippen LogP contribution in [0.3, 0.4) is 0 Å². The lowest BCUT2D eigenvalue weighted by Gasteiger charge is -2.15. The lowest BCUT2D eigenvalue weighted by molar-refractivity contribution is 0.0696. The van der Waals surface area contributed by atoms with Crippen molar-refractivity contribution in [1.82, 2.24) is 0 Å². The zero-order valence-electron chi connectivity index (χ0n) is 14.0. The number of aromatic carboxylic acids is 1. The Kier molecular flexibility index (Phi) is 5.54. The van der Waals surface area contributed by atoms with Crippen molar-refractivity contribution in [2.75, 3.05) is 0 Å². The number of halogens is 1. The number of hydrogen-bond acceptors (Lipinski definition) is 2. The van der Waals surface area contributed by atoms with Crippen LogP contribution in [0, 0.1) is 0 Å². The number of carbonyl (C=O) groups is 1. The molecule has 0 bridgehead atoms. The SMILES string of the molecule is C=Cc1c(C(=O)O)ccc(-c2ccccc2OCc2ccccc2)c1Br. The zero-order valence-corrected chi connectivity index (χ0v) is 15.6. The van der Waals surface area contributed by atoms with Crippen molar-refractivity contribution in [1.29, 1.82) is 0 Å². The van der Waals surface area contributed by atoms with Crippen LogP contribution >= 0.6 is 15.9 Å². The molecule has 0 aromatic heterocycles. The average Bonchev–Trinajstić information content (AvgIpc) is 2.67. The van der Waals surface area contributed by atoms with Gasteiger partial charge in [-0.05, 0) is 33.6 Å². The third-order valence-electron chi connectivity index (χ3n) is 4.03. The van der Waals surface area contributed by atoms with E-state index in [1.165, 1.54) is 0 Å². The number of hydrogen-bond donors (Lipinski definition) is 1. The Balaban J connectivity index is 2.00. The van der Waals surface area contributed by atoms with Crippen LogP contribution in [-0.4, -0.2) is 11.1 Å². The third-order valence-corrected chi connectivity index (χ3v) is 4.88. The van der Waals surface area contributed by atoms with E-state index >= 15 is 0 Å². The highest BCUT2D eigenvalue weighted by Crippen LogP contribution is 2.38. The number of rotatable bonds is 6. The largest absolute Gasteiger partial charge is 0.488 e. The summed E-state index contributed by atoms with van der Waals surface area (Å²) in [6.45, 7) is 4.20. The number of ether oxygens (including phenoxy) is 1. The summed E-state index contributed by atoms with van der Waals surface area (Å²) in [4.78, 5) is 11.4. The molecule has 0 heterocycles. The first kappa shape index (κ1) is 18.0. The summed E-state index contributed by atoms with van der Waals surface area (Å²) in [7, 11) is 0. The molecule has 3 nitrogen and oxygen atoms in total. The van der Waals surface area contributed by atoms with Crippen LogP contribution in [0.1, 0.15) is 21.5 Å². The fourth-order valence-electron chi connectivity index (χ4n) is 2.74. The van der Waals surface area contributed by atoms with Crippen LogP contribution in [0.2, 0.25) is 0 Å². The molecule has 0 spiro atoms. The van der Waals surface area contributed by atoms with Crippen LogP contribution in [0.15, 0.2) is 77.8 Å². The van der Waals surface area contributed by atoms with E-state index in [0.29, 0.717) is 16.6 Å². The lowest BCUT2D eigenvalue weighted by Crippen LogP contribution is -2.02. The molecule has 4 heteroatoms. The molecule has 0 aliphatic carbocycles. The second-order valence-electron chi connectivity index (χ2n) is 5.67. The maximum absolute atomic E-state index is 11.4. The van der Waals surface area contributed by atoms with Crippen LogP contribution in [0.4, 0.5) is 0 Å². The Hall–Kier alpha value is -2.85. The smallest absolute Gasteiger partial charge is 0.336 e. The summed E-state index contributed by atoms with van der Waals surface area (Å²) in [5.74, 6) is -0.254. The van der Waals surface area contributed by atoms with Gasteiger partial charge in [-0.25, -0.2) is 4.79 Å². The monoisotopic (exact) mass is 408 g/mol. The van der Waals surface area contributed by atoms with Crippen molar-refractivity contribution in [3.8, 4) is 16.9 Å². The van der Waals surface area contributed by atoms with Crippen LogP contribution in [0.5, 0.6) is 5.75 Å². The second-order valence-corrected chi connectivity index (χ2v) is 6.46. The summed E-state index contributed by atoms with van der Waals surface area (Å²) >= 11 is 3.54. The first-order valence-corrected chi connectivity index (χ1v) is 8.85. The maximum atomic E-state index is 11.4. The topological polar surface area (TPSA) is 46.5 Å². The summed E-state index contributed by atoms with van der Waals surface area (Å²) in [5.41, 5.74) is 3.57. The zero-order chi connectivity index (χ0) is 18.5. The van der Waals surface area contributed by atoms with Gasteiger partial charge in [-0.2, -0.15) is 0 Å². The summed E-state index contributed by atoms with van der Waals surface area (Å²) < 4.78 is 6.70. The van der Waals surface area contributed by atoms with Crippen LogP contribution in [0.25, 0.3) is 17.2 Å². The molecule has 0 aliphatic rings. The first-order valence-electron chi connectivity index (χ1n) is 8.06. The molecule has 3 aromatic carbocycles. The molecule has 26 heavy (non-hydrogen) atoms. The van der Waals surface area contributed by atoms with E-state index in [1.807, 2.05) is 54.6 Å². The van der Waals surface area contributed by atoms with Gasteiger partial charge in [-0.15, -0.1) is 0 Å². The van der Waals surface area contributed by atoms with Gasteiger partial charge in [0, 0.05) is 21.2 Å². The summed E-state index contributed by atoms with van der Waals surface area (Å²) in [6, 6.07) is 21.0. The molecule has 0 saturated heterocycles. The quantitative estimate of drug-likeness (QED) is 0.540. The van der Waals surface area contributed by atoms with E-state index < -0.39 is 5.97 Å². The van der Waals surface area contributed by atoms with Gasteiger partial charge in [0.2, 0.25) is 0 Å². The Morgan fingerprint density at radius 2 is 1.69 bits per heavy atom.